The summed E-state index contributed by atoms with van der Waals surface area (Å²) in [7, 11) is -3.82. The zero-order valence-corrected chi connectivity index (χ0v) is 20.5. The maximum absolute atomic E-state index is 13.2. The van der Waals surface area contributed by atoms with Crippen LogP contribution in [0.1, 0.15) is 32.0 Å². The Bertz CT molecular complexity index is 1210. The molecule has 1 aromatic heterocycles. The normalized spacial score (nSPS) is 15.5. The average Bonchev–Trinajstić information content (AvgIpc) is 3.23. The molecule has 2 heterocycles. The number of rotatable bonds is 6. The van der Waals surface area contributed by atoms with E-state index in [1.807, 2.05) is 12.1 Å². The van der Waals surface area contributed by atoms with E-state index in [2.05, 4.69) is 40.7 Å². The molecule has 0 spiro atoms. The number of nitrogens with one attached hydrogen (secondary N) is 1. The van der Waals surface area contributed by atoms with Gasteiger partial charge in [0.05, 0.1) is 41.4 Å². The van der Waals surface area contributed by atoms with Crippen molar-refractivity contribution in [3.8, 4) is 5.69 Å². The van der Waals surface area contributed by atoms with Gasteiger partial charge in [-0.15, -0.1) is 5.10 Å². The highest BCUT2D eigenvalue weighted by atomic mass is 35.5. The number of halogens is 1. The molecule has 3 aromatic rings. The van der Waals surface area contributed by atoms with E-state index in [-0.39, 0.29) is 10.3 Å². The van der Waals surface area contributed by atoms with Crippen molar-refractivity contribution in [1.29, 1.82) is 0 Å². The van der Waals surface area contributed by atoms with Crippen LogP contribution in [0.4, 0.5) is 5.69 Å². The molecule has 8 nitrogen and oxygen atoms in total. The maximum Gasteiger partial charge on any atom is 0.261 e. The van der Waals surface area contributed by atoms with Crippen LogP contribution in [0.25, 0.3) is 5.69 Å². The quantitative estimate of drug-likeness (QED) is 0.565. The highest BCUT2D eigenvalue weighted by molar-refractivity contribution is 7.92. The Labute approximate surface area is 199 Å². The van der Waals surface area contributed by atoms with E-state index in [4.69, 9.17) is 16.3 Å². The molecule has 0 unspecified atom stereocenters. The van der Waals surface area contributed by atoms with Gasteiger partial charge in [-0.2, -0.15) is 0 Å². The summed E-state index contributed by atoms with van der Waals surface area (Å²) >= 11 is 6.26. The van der Waals surface area contributed by atoms with Crippen LogP contribution in [0.15, 0.2) is 53.6 Å². The molecule has 2 aromatic carbocycles. The van der Waals surface area contributed by atoms with E-state index in [1.165, 1.54) is 0 Å². The van der Waals surface area contributed by atoms with Gasteiger partial charge in [-0.25, -0.2) is 13.1 Å². The molecule has 0 saturated carbocycles. The molecule has 0 bridgehead atoms. The van der Waals surface area contributed by atoms with Gasteiger partial charge in [0.15, 0.2) is 0 Å². The molecule has 4 rings (SSSR count). The molecule has 33 heavy (non-hydrogen) atoms. The van der Waals surface area contributed by atoms with E-state index < -0.39 is 10.0 Å². The van der Waals surface area contributed by atoms with Gasteiger partial charge in [-0.05, 0) is 41.3 Å². The van der Waals surface area contributed by atoms with Crippen molar-refractivity contribution < 1.29 is 13.2 Å². The Balaban J connectivity index is 1.64. The van der Waals surface area contributed by atoms with Gasteiger partial charge in [0.25, 0.3) is 10.0 Å². The first-order chi connectivity index (χ1) is 15.6. The third-order valence-corrected chi connectivity index (χ3v) is 7.19. The predicted octanol–water partition coefficient (Wildman–Crippen LogP) is 3.85. The SMILES string of the molecule is CC(C)(C)c1ccc(S(=O)(=O)Nc2ccc(Cl)cc2-n2nncc2CN2CCOCC2)cc1. The van der Waals surface area contributed by atoms with Gasteiger partial charge in [0, 0.05) is 24.7 Å². The van der Waals surface area contributed by atoms with Crippen molar-refractivity contribution in [2.45, 2.75) is 37.6 Å². The molecule has 1 N–H and O–H groups in total. The van der Waals surface area contributed by atoms with E-state index in [0.717, 1.165) is 24.3 Å². The fourth-order valence-electron chi connectivity index (χ4n) is 3.66. The first-order valence-corrected chi connectivity index (χ1v) is 12.6. The summed E-state index contributed by atoms with van der Waals surface area (Å²) in [6.07, 6.45) is 1.68. The number of benzene rings is 2. The van der Waals surface area contributed by atoms with Gasteiger partial charge in [0.2, 0.25) is 0 Å². The van der Waals surface area contributed by atoms with Gasteiger partial charge >= 0.3 is 0 Å². The third kappa shape index (κ3) is 5.55. The monoisotopic (exact) mass is 489 g/mol. The van der Waals surface area contributed by atoms with Crippen LogP contribution in [-0.2, 0) is 26.7 Å². The first-order valence-electron chi connectivity index (χ1n) is 10.8. The fraction of sp³-hybridized carbons (Fsp3) is 0.391. The summed E-state index contributed by atoms with van der Waals surface area (Å²) in [6, 6.07) is 11.9. The lowest BCUT2D eigenvalue weighted by Gasteiger charge is -2.26. The van der Waals surface area contributed by atoms with Gasteiger partial charge < -0.3 is 4.74 Å². The van der Waals surface area contributed by atoms with E-state index in [1.54, 1.807) is 41.2 Å². The minimum absolute atomic E-state index is 0.0664. The first kappa shape index (κ1) is 23.7. The lowest BCUT2D eigenvalue weighted by molar-refractivity contribution is 0.0333. The van der Waals surface area contributed by atoms with Crippen LogP contribution < -0.4 is 4.72 Å². The molecule has 1 aliphatic rings. The molecule has 0 aliphatic carbocycles. The van der Waals surface area contributed by atoms with Crippen LogP contribution in [0, 0.1) is 0 Å². The fourth-order valence-corrected chi connectivity index (χ4v) is 4.90. The summed E-state index contributed by atoms with van der Waals surface area (Å²) in [6.45, 7) is 9.85. The van der Waals surface area contributed by atoms with Crippen molar-refractivity contribution in [3.05, 3.63) is 64.9 Å². The van der Waals surface area contributed by atoms with E-state index in [0.29, 0.717) is 36.2 Å². The Morgan fingerprint density at radius 2 is 1.79 bits per heavy atom. The Hall–Kier alpha value is -2.46. The molecule has 1 aliphatic heterocycles. The molecule has 1 fully saturated rings. The minimum atomic E-state index is -3.82. The second-order valence-electron chi connectivity index (χ2n) is 9.07. The maximum atomic E-state index is 13.2. The number of morpholine rings is 1. The van der Waals surface area contributed by atoms with Crippen LogP contribution in [0.3, 0.4) is 0 Å². The van der Waals surface area contributed by atoms with Crippen molar-refractivity contribution in [2.24, 2.45) is 0 Å². The predicted molar refractivity (Wildman–Crippen MR) is 128 cm³/mol. The van der Waals surface area contributed by atoms with Crippen molar-refractivity contribution in [3.63, 3.8) is 0 Å². The molecule has 1 saturated heterocycles. The number of anilines is 1. The lowest BCUT2D eigenvalue weighted by atomic mass is 9.87. The Kier molecular flexibility index (Phi) is 6.76. The molecular weight excluding hydrogens is 462 g/mol. The standard InChI is InChI=1S/C23H28ClN5O3S/c1-23(2,3)17-4-7-20(8-5-17)33(30,31)26-21-9-6-18(24)14-22(21)29-19(15-25-27-29)16-28-10-12-32-13-11-28/h4-9,14-15,26H,10-13,16H2,1-3H3. The average molecular weight is 490 g/mol. The number of aromatic nitrogens is 3. The summed E-state index contributed by atoms with van der Waals surface area (Å²) < 4.78 is 36.1. The third-order valence-electron chi connectivity index (χ3n) is 5.57. The molecule has 10 heteroatoms. The van der Waals surface area contributed by atoms with E-state index in [9.17, 15) is 8.42 Å². The summed E-state index contributed by atoms with van der Waals surface area (Å²) in [4.78, 5) is 2.42. The molecule has 0 amide bonds. The van der Waals surface area contributed by atoms with E-state index >= 15 is 0 Å². The number of hydrogen-bond acceptors (Lipinski definition) is 6. The highest BCUT2D eigenvalue weighted by Gasteiger charge is 2.21. The number of hydrogen-bond donors (Lipinski definition) is 1. The molecule has 0 radical (unpaired) electrons. The van der Waals surface area contributed by atoms with Gasteiger partial charge in [-0.3, -0.25) is 9.62 Å². The Morgan fingerprint density at radius 1 is 1.09 bits per heavy atom. The topological polar surface area (TPSA) is 89.3 Å². The van der Waals surface area contributed by atoms with Gasteiger partial charge in [-0.1, -0.05) is 49.7 Å². The van der Waals surface area contributed by atoms with Crippen molar-refractivity contribution in [2.75, 3.05) is 31.0 Å². The van der Waals surface area contributed by atoms with Crippen LogP contribution in [0.2, 0.25) is 5.02 Å². The zero-order chi connectivity index (χ0) is 23.6. The second-order valence-corrected chi connectivity index (χ2v) is 11.2. The second kappa shape index (κ2) is 9.42. The van der Waals surface area contributed by atoms with Gasteiger partial charge in [0.1, 0.15) is 0 Å². The number of nitrogens with zero attached hydrogens (tertiary/aromatic N) is 4. The number of sulfonamides is 1. The smallest absolute Gasteiger partial charge is 0.261 e. The molecule has 176 valence electrons. The van der Waals surface area contributed by atoms with Crippen LogP contribution in [-0.4, -0.2) is 54.6 Å². The minimum Gasteiger partial charge on any atom is -0.379 e. The van der Waals surface area contributed by atoms with Crippen molar-refractivity contribution in [1.82, 2.24) is 19.9 Å². The lowest BCUT2D eigenvalue weighted by Crippen LogP contribution is -2.36. The summed E-state index contributed by atoms with van der Waals surface area (Å²) in [5.74, 6) is 0. The Morgan fingerprint density at radius 3 is 2.45 bits per heavy atom. The summed E-state index contributed by atoms with van der Waals surface area (Å²) in [5.41, 5.74) is 2.70. The molecule has 0 atom stereocenters. The largest absolute Gasteiger partial charge is 0.379 e. The molecular formula is C23H28ClN5O3S. The van der Waals surface area contributed by atoms with Crippen LogP contribution >= 0.6 is 11.6 Å². The highest BCUT2D eigenvalue weighted by Crippen LogP contribution is 2.29. The number of ether oxygens (including phenoxy) is 1. The van der Waals surface area contributed by atoms with Crippen LogP contribution in [0.5, 0.6) is 0 Å². The zero-order valence-electron chi connectivity index (χ0n) is 19.0. The van der Waals surface area contributed by atoms with Crippen molar-refractivity contribution >= 4 is 27.3 Å². The summed E-state index contributed by atoms with van der Waals surface area (Å²) in [5, 5.41) is 8.74.